The maximum absolute atomic E-state index is 3.35. The zero-order valence-electron chi connectivity index (χ0n) is 11.4. The van der Waals surface area contributed by atoms with Crippen LogP contribution in [0.25, 0.3) is 32.8 Å². The quantitative estimate of drug-likeness (QED) is 0.476. The van der Waals surface area contributed by atoms with E-state index in [4.69, 9.17) is 0 Å². The van der Waals surface area contributed by atoms with E-state index in [1.807, 2.05) is 0 Å². The molecule has 0 bridgehead atoms. The average molecular weight is 257 g/mol. The fourth-order valence-corrected chi connectivity index (χ4v) is 2.97. The van der Waals surface area contributed by atoms with Gasteiger partial charge in [0.1, 0.15) is 0 Å². The summed E-state index contributed by atoms with van der Waals surface area (Å²) in [5.41, 5.74) is 5.06. The van der Waals surface area contributed by atoms with Crippen molar-refractivity contribution in [2.24, 2.45) is 0 Å². The van der Waals surface area contributed by atoms with Gasteiger partial charge < -0.3 is 4.98 Å². The van der Waals surface area contributed by atoms with Gasteiger partial charge in [0.15, 0.2) is 0 Å². The Hall–Kier alpha value is -2.54. The molecule has 0 aliphatic heterocycles. The summed E-state index contributed by atoms with van der Waals surface area (Å²) in [6.07, 6.45) is 2.11. The zero-order valence-corrected chi connectivity index (χ0v) is 11.4. The minimum Gasteiger partial charge on any atom is -0.361 e. The number of fused-ring (bicyclic) bond motifs is 2. The van der Waals surface area contributed by atoms with E-state index >= 15 is 0 Å². The van der Waals surface area contributed by atoms with E-state index in [9.17, 15) is 0 Å². The van der Waals surface area contributed by atoms with Crippen molar-refractivity contribution in [3.8, 4) is 11.1 Å². The molecule has 0 saturated carbocycles. The van der Waals surface area contributed by atoms with Gasteiger partial charge in [-0.25, -0.2) is 0 Å². The summed E-state index contributed by atoms with van der Waals surface area (Å²) in [6.45, 7) is 2.18. The van der Waals surface area contributed by atoms with Crippen LogP contribution >= 0.6 is 0 Å². The first-order valence-electron chi connectivity index (χ1n) is 6.89. The zero-order chi connectivity index (χ0) is 13.5. The summed E-state index contributed by atoms with van der Waals surface area (Å²) in [6, 6.07) is 21.6. The Balaban J connectivity index is 2.03. The molecule has 0 atom stereocenters. The smallest absolute Gasteiger partial charge is 0.0460 e. The third-order valence-corrected chi connectivity index (χ3v) is 3.97. The van der Waals surface area contributed by atoms with Gasteiger partial charge in [0, 0.05) is 22.7 Å². The number of nitrogens with one attached hydrogen (secondary N) is 1. The Labute approximate surface area is 117 Å². The lowest BCUT2D eigenvalue weighted by molar-refractivity contribution is 1.47. The molecule has 0 spiro atoms. The van der Waals surface area contributed by atoms with Crippen LogP contribution < -0.4 is 0 Å². The first-order valence-corrected chi connectivity index (χ1v) is 6.89. The monoisotopic (exact) mass is 257 g/mol. The lowest BCUT2D eigenvalue weighted by Crippen LogP contribution is -1.82. The average Bonchev–Trinajstić information content (AvgIpc) is 2.91. The molecular weight excluding hydrogens is 242 g/mol. The Morgan fingerprint density at radius 2 is 1.55 bits per heavy atom. The van der Waals surface area contributed by atoms with Crippen molar-refractivity contribution in [3.63, 3.8) is 0 Å². The SMILES string of the molecule is Cc1cc(-c2c[nH]c3ccccc23)cc2ccccc12. The number of aromatic nitrogens is 1. The van der Waals surface area contributed by atoms with Crippen molar-refractivity contribution in [2.75, 3.05) is 0 Å². The number of aryl methyl sites for hydroxylation is 1. The normalized spacial score (nSPS) is 11.2. The third-order valence-electron chi connectivity index (χ3n) is 3.97. The van der Waals surface area contributed by atoms with Crippen molar-refractivity contribution in [1.82, 2.24) is 4.98 Å². The van der Waals surface area contributed by atoms with Crippen LogP contribution in [0.3, 0.4) is 0 Å². The van der Waals surface area contributed by atoms with Crippen LogP contribution in [0.2, 0.25) is 0 Å². The Morgan fingerprint density at radius 1 is 0.800 bits per heavy atom. The second-order valence-corrected chi connectivity index (χ2v) is 5.26. The molecule has 0 amide bonds. The first-order chi connectivity index (χ1) is 9.83. The predicted octanol–water partition coefficient (Wildman–Crippen LogP) is 5.30. The van der Waals surface area contributed by atoms with Crippen molar-refractivity contribution in [1.29, 1.82) is 0 Å². The van der Waals surface area contributed by atoms with Gasteiger partial charge in [-0.1, -0.05) is 48.5 Å². The van der Waals surface area contributed by atoms with E-state index in [1.54, 1.807) is 0 Å². The molecule has 1 aromatic heterocycles. The van der Waals surface area contributed by atoms with Gasteiger partial charge in [-0.15, -0.1) is 0 Å². The fourth-order valence-electron chi connectivity index (χ4n) is 2.97. The standard InChI is InChI=1S/C19H15N/c1-13-10-15(11-14-6-2-3-7-16(13)14)18-12-20-19-9-5-4-8-17(18)19/h2-12,20H,1H3. The molecule has 0 radical (unpaired) electrons. The fraction of sp³-hybridized carbons (Fsp3) is 0.0526. The molecule has 0 aliphatic carbocycles. The van der Waals surface area contributed by atoms with Crippen LogP contribution in [0.15, 0.2) is 66.9 Å². The topological polar surface area (TPSA) is 15.8 Å². The van der Waals surface area contributed by atoms with Crippen LogP contribution in [0.5, 0.6) is 0 Å². The van der Waals surface area contributed by atoms with Crippen molar-refractivity contribution in [2.45, 2.75) is 6.92 Å². The summed E-state index contributed by atoms with van der Waals surface area (Å²) < 4.78 is 0. The number of benzene rings is 3. The maximum atomic E-state index is 3.35. The lowest BCUT2D eigenvalue weighted by Gasteiger charge is -2.06. The molecular formula is C19H15N. The highest BCUT2D eigenvalue weighted by atomic mass is 14.7. The summed E-state index contributed by atoms with van der Waals surface area (Å²) in [4.78, 5) is 3.35. The highest BCUT2D eigenvalue weighted by Crippen LogP contribution is 2.32. The number of hydrogen-bond acceptors (Lipinski definition) is 0. The third kappa shape index (κ3) is 1.64. The molecule has 1 N–H and O–H groups in total. The second-order valence-electron chi connectivity index (χ2n) is 5.26. The van der Waals surface area contributed by atoms with E-state index in [2.05, 4.69) is 78.8 Å². The summed E-state index contributed by atoms with van der Waals surface area (Å²) in [7, 11) is 0. The molecule has 4 aromatic rings. The van der Waals surface area contributed by atoms with E-state index < -0.39 is 0 Å². The van der Waals surface area contributed by atoms with Crippen molar-refractivity contribution in [3.05, 3.63) is 72.4 Å². The van der Waals surface area contributed by atoms with Gasteiger partial charge in [-0.3, -0.25) is 0 Å². The number of aromatic amines is 1. The number of rotatable bonds is 1. The summed E-state index contributed by atoms with van der Waals surface area (Å²) >= 11 is 0. The molecule has 20 heavy (non-hydrogen) atoms. The number of hydrogen-bond donors (Lipinski definition) is 1. The van der Waals surface area contributed by atoms with Gasteiger partial charge in [-0.05, 0) is 41.0 Å². The molecule has 1 nitrogen and oxygen atoms in total. The maximum Gasteiger partial charge on any atom is 0.0460 e. The highest BCUT2D eigenvalue weighted by molar-refractivity contribution is 5.99. The molecule has 0 aliphatic rings. The molecule has 1 heteroatoms. The minimum absolute atomic E-state index is 1.19. The van der Waals surface area contributed by atoms with Gasteiger partial charge in [0.2, 0.25) is 0 Å². The number of H-pyrrole nitrogens is 1. The van der Waals surface area contributed by atoms with Gasteiger partial charge in [0.05, 0.1) is 0 Å². The Bertz CT molecular complexity index is 915. The molecule has 0 unspecified atom stereocenters. The molecule has 96 valence electrons. The summed E-state index contributed by atoms with van der Waals surface area (Å²) in [5, 5.41) is 3.91. The first kappa shape index (κ1) is 11.3. The summed E-state index contributed by atoms with van der Waals surface area (Å²) in [5.74, 6) is 0. The molecule has 4 rings (SSSR count). The second kappa shape index (κ2) is 4.24. The van der Waals surface area contributed by atoms with Gasteiger partial charge >= 0.3 is 0 Å². The Kier molecular flexibility index (Phi) is 2.40. The van der Waals surface area contributed by atoms with Gasteiger partial charge in [-0.2, -0.15) is 0 Å². The van der Waals surface area contributed by atoms with Crippen molar-refractivity contribution >= 4 is 21.7 Å². The van der Waals surface area contributed by atoms with Crippen LogP contribution in [-0.4, -0.2) is 4.98 Å². The van der Waals surface area contributed by atoms with E-state index in [1.165, 1.54) is 38.4 Å². The molecule has 1 heterocycles. The van der Waals surface area contributed by atoms with Crippen LogP contribution in [0.1, 0.15) is 5.56 Å². The largest absolute Gasteiger partial charge is 0.361 e. The molecule has 0 fully saturated rings. The van der Waals surface area contributed by atoms with E-state index in [-0.39, 0.29) is 0 Å². The van der Waals surface area contributed by atoms with Crippen LogP contribution in [0.4, 0.5) is 0 Å². The predicted molar refractivity (Wildman–Crippen MR) is 86.0 cm³/mol. The Morgan fingerprint density at radius 3 is 2.45 bits per heavy atom. The van der Waals surface area contributed by atoms with Gasteiger partial charge in [0.25, 0.3) is 0 Å². The highest BCUT2D eigenvalue weighted by Gasteiger charge is 2.07. The molecule has 3 aromatic carbocycles. The number of para-hydroxylation sites is 1. The lowest BCUT2D eigenvalue weighted by atomic mass is 9.97. The van der Waals surface area contributed by atoms with E-state index in [0.29, 0.717) is 0 Å². The van der Waals surface area contributed by atoms with E-state index in [0.717, 1.165) is 0 Å². The minimum atomic E-state index is 1.19. The van der Waals surface area contributed by atoms with Crippen molar-refractivity contribution < 1.29 is 0 Å². The van der Waals surface area contributed by atoms with Crippen LogP contribution in [0, 0.1) is 6.92 Å². The molecule has 0 saturated heterocycles. The van der Waals surface area contributed by atoms with Crippen LogP contribution in [-0.2, 0) is 0 Å².